The summed E-state index contributed by atoms with van der Waals surface area (Å²) in [5, 5.41) is 9.66. The Bertz CT molecular complexity index is 510. The molecule has 0 bridgehead atoms. The third kappa shape index (κ3) is 4.63. The Labute approximate surface area is 109 Å². The van der Waals surface area contributed by atoms with Crippen LogP contribution in [0.25, 0.3) is 0 Å². The van der Waals surface area contributed by atoms with E-state index in [4.69, 9.17) is 16.7 Å². The summed E-state index contributed by atoms with van der Waals surface area (Å²) in [6.07, 6.45) is 0.284. The SMILES string of the molecule is Cc1csc(C(=O)NCCCS(N)(=O)=O)c1Cl. The topological polar surface area (TPSA) is 89.3 Å². The van der Waals surface area contributed by atoms with Crippen LogP contribution in [0.1, 0.15) is 21.7 Å². The molecule has 0 radical (unpaired) electrons. The van der Waals surface area contributed by atoms with Gasteiger partial charge in [0.25, 0.3) is 5.91 Å². The fourth-order valence-electron chi connectivity index (χ4n) is 1.14. The van der Waals surface area contributed by atoms with Crippen LogP contribution >= 0.6 is 22.9 Å². The molecule has 0 aliphatic heterocycles. The first-order valence-electron chi connectivity index (χ1n) is 4.83. The lowest BCUT2D eigenvalue weighted by Gasteiger charge is -2.03. The van der Waals surface area contributed by atoms with Crippen molar-refractivity contribution in [1.82, 2.24) is 5.32 Å². The van der Waals surface area contributed by atoms with Crippen molar-refractivity contribution in [3.63, 3.8) is 0 Å². The van der Waals surface area contributed by atoms with Gasteiger partial charge in [0.05, 0.1) is 10.8 Å². The molecule has 17 heavy (non-hydrogen) atoms. The summed E-state index contributed by atoms with van der Waals surface area (Å²) < 4.78 is 21.3. The molecule has 0 aliphatic rings. The molecule has 0 unspecified atom stereocenters. The predicted molar refractivity (Wildman–Crippen MR) is 69.0 cm³/mol. The highest BCUT2D eigenvalue weighted by Gasteiger charge is 2.14. The van der Waals surface area contributed by atoms with Gasteiger partial charge in [0.1, 0.15) is 4.88 Å². The van der Waals surface area contributed by atoms with Gasteiger partial charge in [-0.2, -0.15) is 0 Å². The first kappa shape index (κ1) is 14.4. The fourth-order valence-corrected chi connectivity index (χ4v) is 2.88. The number of nitrogens with two attached hydrogens (primary N) is 1. The molecule has 1 heterocycles. The summed E-state index contributed by atoms with van der Waals surface area (Å²) in [6, 6.07) is 0. The van der Waals surface area contributed by atoms with Crippen LogP contribution in [0.3, 0.4) is 0 Å². The molecule has 1 amide bonds. The maximum absolute atomic E-state index is 11.6. The third-order valence-corrected chi connectivity index (χ3v) is 4.55. The molecule has 0 spiro atoms. The van der Waals surface area contributed by atoms with E-state index in [1.165, 1.54) is 11.3 Å². The zero-order chi connectivity index (χ0) is 13.1. The molecule has 0 atom stereocenters. The number of thiophene rings is 1. The number of hydrogen-bond donors (Lipinski definition) is 2. The third-order valence-electron chi connectivity index (χ3n) is 2.00. The molecule has 1 aromatic heterocycles. The average molecular weight is 297 g/mol. The summed E-state index contributed by atoms with van der Waals surface area (Å²) in [5.41, 5.74) is 0.853. The zero-order valence-corrected chi connectivity index (χ0v) is 11.6. The molecule has 8 heteroatoms. The monoisotopic (exact) mass is 296 g/mol. The minimum atomic E-state index is -3.47. The van der Waals surface area contributed by atoms with Gasteiger partial charge in [-0.15, -0.1) is 11.3 Å². The normalized spacial score (nSPS) is 11.5. The molecule has 96 valence electrons. The fraction of sp³-hybridized carbons (Fsp3) is 0.444. The van der Waals surface area contributed by atoms with Crippen molar-refractivity contribution in [2.45, 2.75) is 13.3 Å². The molecule has 0 aromatic carbocycles. The molecular weight excluding hydrogens is 284 g/mol. The van der Waals surface area contributed by atoms with Gasteiger partial charge in [-0.3, -0.25) is 4.79 Å². The largest absolute Gasteiger partial charge is 0.351 e. The summed E-state index contributed by atoms with van der Waals surface area (Å²) in [6.45, 7) is 2.07. The van der Waals surface area contributed by atoms with Crippen molar-refractivity contribution < 1.29 is 13.2 Å². The second kappa shape index (κ2) is 5.81. The Balaban J connectivity index is 2.43. The van der Waals surface area contributed by atoms with Crippen LogP contribution in [0.4, 0.5) is 0 Å². The van der Waals surface area contributed by atoms with Crippen molar-refractivity contribution in [1.29, 1.82) is 0 Å². The van der Waals surface area contributed by atoms with Gasteiger partial charge in [0.2, 0.25) is 10.0 Å². The molecule has 0 saturated heterocycles. The molecule has 1 rings (SSSR count). The summed E-state index contributed by atoms with van der Waals surface area (Å²) >= 11 is 7.18. The van der Waals surface area contributed by atoms with E-state index in [0.717, 1.165) is 5.56 Å². The quantitative estimate of drug-likeness (QED) is 0.798. The number of carbonyl (C=O) groups is 1. The van der Waals surface area contributed by atoms with Crippen molar-refractivity contribution in [2.24, 2.45) is 5.14 Å². The Morgan fingerprint density at radius 1 is 1.59 bits per heavy atom. The van der Waals surface area contributed by atoms with E-state index < -0.39 is 10.0 Å². The number of nitrogens with one attached hydrogen (secondary N) is 1. The van der Waals surface area contributed by atoms with E-state index in [1.807, 2.05) is 6.92 Å². The van der Waals surface area contributed by atoms with Crippen LogP contribution in [0, 0.1) is 6.92 Å². The van der Waals surface area contributed by atoms with Crippen LogP contribution in [-0.4, -0.2) is 26.6 Å². The number of amides is 1. The summed E-state index contributed by atoms with van der Waals surface area (Å²) in [7, 11) is -3.47. The second-order valence-electron chi connectivity index (χ2n) is 3.54. The van der Waals surface area contributed by atoms with Crippen molar-refractivity contribution >= 4 is 38.9 Å². The summed E-state index contributed by atoms with van der Waals surface area (Å²) in [4.78, 5) is 12.1. The van der Waals surface area contributed by atoms with E-state index in [2.05, 4.69) is 5.32 Å². The van der Waals surface area contributed by atoms with Gasteiger partial charge in [0.15, 0.2) is 0 Å². The Morgan fingerprint density at radius 3 is 2.71 bits per heavy atom. The standard InChI is InChI=1S/C9H13ClN2O3S2/c1-6-5-16-8(7(6)10)9(13)12-3-2-4-17(11,14)15/h5H,2-4H2,1H3,(H,12,13)(H2,11,14,15). The van der Waals surface area contributed by atoms with Gasteiger partial charge in [-0.1, -0.05) is 11.6 Å². The van der Waals surface area contributed by atoms with Gasteiger partial charge in [0, 0.05) is 6.54 Å². The highest BCUT2D eigenvalue weighted by Crippen LogP contribution is 2.26. The highest BCUT2D eigenvalue weighted by molar-refractivity contribution is 7.89. The van der Waals surface area contributed by atoms with Gasteiger partial charge in [-0.05, 0) is 24.3 Å². The first-order chi connectivity index (χ1) is 7.81. The average Bonchev–Trinajstić information content (AvgIpc) is 2.53. The maximum Gasteiger partial charge on any atom is 0.262 e. The number of rotatable bonds is 5. The molecular formula is C9H13ClN2O3S2. The molecule has 0 fully saturated rings. The highest BCUT2D eigenvalue weighted by atomic mass is 35.5. The smallest absolute Gasteiger partial charge is 0.262 e. The van der Waals surface area contributed by atoms with E-state index in [0.29, 0.717) is 9.90 Å². The zero-order valence-electron chi connectivity index (χ0n) is 9.20. The molecule has 5 nitrogen and oxygen atoms in total. The van der Waals surface area contributed by atoms with Crippen LogP contribution in [0.15, 0.2) is 5.38 Å². The van der Waals surface area contributed by atoms with Crippen LogP contribution in [0.2, 0.25) is 5.02 Å². The van der Waals surface area contributed by atoms with Crippen LogP contribution in [0.5, 0.6) is 0 Å². The minimum absolute atomic E-state index is 0.148. The summed E-state index contributed by atoms with van der Waals surface area (Å²) in [5.74, 6) is -0.438. The Kier molecular flexibility index (Phi) is 4.93. The molecule has 0 aliphatic carbocycles. The van der Waals surface area contributed by atoms with E-state index in [1.54, 1.807) is 5.38 Å². The number of sulfonamides is 1. The number of hydrogen-bond acceptors (Lipinski definition) is 4. The van der Waals surface area contributed by atoms with E-state index >= 15 is 0 Å². The number of primary sulfonamides is 1. The van der Waals surface area contributed by atoms with Crippen molar-refractivity contribution in [3.8, 4) is 0 Å². The van der Waals surface area contributed by atoms with Crippen molar-refractivity contribution in [3.05, 3.63) is 20.8 Å². The second-order valence-corrected chi connectivity index (χ2v) is 6.53. The molecule has 1 aromatic rings. The van der Waals surface area contributed by atoms with Crippen LogP contribution < -0.4 is 10.5 Å². The maximum atomic E-state index is 11.6. The lowest BCUT2D eigenvalue weighted by molar-refractivity contribution is 0.0958. The minimum Gasteiger partial charge on any atom is -0.351 e. The van der Waals surface area contributed by atoms with Gasteiger partial charge < -0.3 is 5.32 Å². The molecule has 3 N–H and O–H groups in total. The number of aryl methyl sites for hydroxylation is 1. The number of carbonyl (C=O) groups excluding carboxylic acids is 1. The number of halogens is 1. The molecule has 0 saturated carbocycles. The van der Waals surface area contributed by atoms with E-state index in [-0.39, 0.29) is 24.6 Å². The van der Waals surface area contributed by atoms with Gasteiger partial charge >= 0.3 is 0 Å². The van der Waals surface area contributed by atoms with Crippen molar-refractivity contribution in [2.75, 3.05) is 12.3 Å². The predicted octanol–water partition coefficient (Wildman–Crippen LogP) is 1.12. The van der Waals surface area contributed by atoms with E-state index in [9.17, 15) is 13.2 Å². The Morgan fingerprint density at radius 2 is 2.24 bits per heavy atom. The van der Waals surface area contributed by atoms with Crippen LogP contribution in [-0.2, 0) is 10.0 Å². The lowest BCUT2D eigenvalue weighted by Crippen LogP contribution is -2.26. The first-order valence-corrected chi connectivity index (χ1v) is 7.81. The van der Waals surface area contributed by atoms with Gasteiger partial charge in [-0.25, -0.2) is 13.6 Å². The lowest BCUT2D eigenvalue weighted by atomic mass is 10.3. The Hall–Kier alpha value is -0.630.